The number of unbranched alkanes of at least 4 members (excludes halogenated alkanes) is 1. The van der Waals surface area contributed by atoms with Crippen molar-refractivity contribution in [1.82, 2.24) is 0 Å². The van der Waals surface area contributed by atoms with Crippen LogP contribution in [0.15, 0.2) is 24.3 Å². The zero-order valence-corrected chi connectivity index (χ0v) is 11.9. The van der Waals surface area contributed by atoms with Crippen LogP contribution in [0.5, 0.6) is 0 Å². The van der Waals surface area contributed by atoms with Crippen molar-refractivity contribution in [2.45, 2.75) is 38.9 Å². The van der Waals surface area contributed by atoms with Gasteiger partial charge in [0.25, 0.3) is 11.9 Å². The Kier molecular flexibility index (Phi) is 7.60. The van der Waals surface area contributed by atoms with E-state index in [4.69, 9.17) is 7.58 Å². The lowest BCUT2D eigenvalue weighted by Crippen LogP contribution is -2.29. The van der Waals surface area contributed by atoms with Crippen molar-refractivity contribution >= 4 is 26.8 Å². The summed E-state index contributed by atoms with van der Waals surface area (Å²) in [4.78, 5) is 22.7. The van der Waals surface area contributed by atoms with Crippen LogP contribution in [0, 0.1) is 0 Å². The standard InChI is InChI=1S/2C4H6O2.C4H9.Al/c2*1-3(2)4(5)6;1-3-4-2;/h2*1H2,2H3,(H,5,6);1,3-4H2,2H3;/q;;;+2/p-2. The maximum Gasteiger partial charge on any atom is 0.861 e. The molecule has 0 aliphatic carbocycles. The molecule has 4 nitrogen and oxygen atoms in total. The van der Waals surface area contributed by atoms with Gasteiger partial charge < -0.3 is 7.58 Å². The van der Waals surface area contributed by atoms with Crippen molar-refractivity contribution in [2.75, 3.05) is 0 Å². The van der Waals surface area contributed by atoms with E-state index in [2.05, 4.69) is 13.2 Å². The Labute approximate surface area is 107 Å². The fourth-order valence-electron chi connectivity index (χ4n) is 0.953. The molecule has 5 heteroatoms. The first-order chi connectivity index (χ1) is 7.88. The highest BCUT2D eigenvalue weighted by atomic mass is 27.2. The fourth-order valence-corrected chi connectivity index (χ4v) is 2.86. The number of carbonyl (C=O) groups is 2. The van der Waals surface area contributed by atoms with Gasteiger partial charge >= 0.3 is 14.8 Å². The zero-order chi connectivity index (χ0) is 13.4. The summed E-state index contributed by atoms with van der Waals surface area (Å²) in [6.07, 6.45) is 1.82. The van der Waals surface area contributed by atoms with Crippen LogP contribution >= 0.6 is 0 Å². The first-order valence-corrected chi connectivity index (χ1v) is 7.37. The third-order valence-corrected chi connectivity index (χ3v) is 3.80. The Morgan fingerprint density at radius 1 is 1.06 bits per heavy atom. The molecule has 0 spiro atoms. The van der Waals surface area contributed by atoms with Gasteiger partial charge in [-0.25, -0.2) is 0 Å². The van der Waals surface area contributed by atoms with Gasteiger partial charge in [-0.15, -0.1) is 0 Å². The zero-order valence-electron chi connectivity index (χ0n) is 10.7. The summed E-state index contributed by atoms with van der Waals surface area (Å²) in [5.74, 6) is -0.987. The van der Waals surface area contributed by atoms with Crippen LogP contribution in [-0.2, 0) is 17.2 Å². The molecule has 0 N–H and O–H groups in total. The van der Waals surface area contributed by atoms with E-state index >= 15 is 0 Å². The van der Waals surface area contributed by atoms with E-state index in [0.717, 1.165) is 12.8 Å². The second-order valence-corrected chi connectivity index (χ2v) is 5.85. The van der Waals surface area contributed by atoms with Crippen molar-refractivity contribution in [3.8, 4) is 0 Å². The quantitative estimate of drug-likeness (QED) is 0.517. The molecule has 0 bridgehead atoms. The van der Waals surface area contributed by atoms with Crippen LogP contribution in [0.1, 0.15) is 33.6 Å². The molecule has 0 aliphatic heterocycles. The molecule has 17 heavy (non-hydrogen) atoms. The highest BCUT2D eigenvalue weighted by Crippen LogP contribution is 2.08. The lowest BCUT2D eigenvalue weighted by molar-refractivity contribution is -0.135. The fraction of sp³-hybridized carbons (Fsp3) is 0.500. The van der Waals surface area contributed by atoms with E-state index in [-0.39, 0.29) is 0 Å². The smallest absolute Gasteiger partial charge is 0.582 e. The molecule has 0 unspecified atom stereocenters. The maximum absolute atomic E-state index is 11.4. The first kappa shape index (κ1) is 16.0. The van der Waals surface area contributed by atoms with E-state index in [1.165, 1.54) is 0 Å². The molecule has 0 aromatic rings. The van der Waals surface area contributed by atoms with Crippen molar-refractivity contribution in [1.29, 1.82) is 0 Å². The summed E-state index contributed by atoms with van der Waals surface area (Å²) in [7, 11) is 0. The minimum Gasteiger partial charge on any atom is -0.582 e. The predicted molar refractivity (Wildman–Crippen MR) is 67.3 cm³/mol. The molecule has 0 saturated carbocycles. The summed E-state index contributed by atoms with van der Waals surface area (Å²) in [5, 5.41) is 0.620. The van der Waals surface area contributed by atoms with E-state index in [1.807, 2.05) is 6.92 Å². The van der Waals surface area contributed by atoms with Crippen LogP contribution in [0.2, 0.25) is 5.28 Å². The minimum absolute atomic E-state index is 0.311. The molecule has 0 fully saturated rings. The van der Waals surface area contributed by atoms with Gasteiger partial charge in [-0.2, -0.15) is 0 Å². The van der Waals surface area contributed by atoms with E-state index in [1.54, 1.807) is 13.8 Å². The van der Waals surface area contributed by atoms with E-state index < -0.39 is 26.8 Å². The topological polar surface area (TPSA) is 52.6 Å². The number of carbonyl (C=O) groups excluding carboxylic acids is 2. The molecule has 0 amide bonds. The van der Waals surface area contributed by atoms with Crippen molar-refractivity contribution in [3.05, 3.63) is 24.3 Å². The summed E-state index contributed by atoms with van der Waals surface area (Å²) < 4.78 is 10.3. The monoisotopic (exact) mass is 254 g/mol. The molecule has 0 aliphatic rings. The average molecular weight is 254 g/mol. The lowest BCUT2D eigenvalue weighted by Gasteiger charge is -2.13. The normalized spacial score (nSPS) is 9.35. The van der Waals surface area contributed by atoms with Gasteiger partial charge in [0.2, 0.25) is 0 Å². The van der Waals surface area contributed by atoms with Gasteiger partial charge in [-0.3, -0.25) is 9.59 Å². The van der Waals surface area contributed by atoms with Gasteiger partial charge in [-0.05, 0) is 19.1 Å². The van der Waals surface area contributed by atoms with Gasteiger partial charge in [0.05, 0.1) is 0 Å². The highest BCUT2D eigenvalue weighted by Gasteiger charge is 2.35. The Morgan fingerprint density at radius 2 is 1.47 bits per heavy atom. The van der Waals surface area contributed by atoms with Crippen molar-refractivity contribution in [2.24, 2.45) is 0 Å². The maximum atomic E-state index is 11.4. The molecule has 0 atom stereocenters. The van der Waals surface area contributed by atoms with E-state index in [0.29, 0.717) is 16.4 Å². The van der Waals surface area contributed by atoms with Crippen LogP contribution in [0.3, 0.4) is 0 Å². The van der Waals surface area contributed by atoms with Crippen LogP contribution in [-0.4, -0.2) is 26.8 Å². The van der Waals surface area contributed by atoms with E-state index in [9.17, 15) is 9.59 Å². The summed E-state index contributed by atoms with van der Waals surface area (Å²) >= 11 is -2.30. The summed E-state index contributed by atoms with van der Waals surface area (Å²) in [5.41, 5.74) is 0.621. The number of hydrogen-bond donors (Lipinski definition) is 0. The second kappa shape index (κ2) is 8.10. The Hall–Kier alpha value is -1.05. The summed E-state index contributed by atoms with van der Waals surface area (Å²) in [6, 6.07) is 0. The highest BCUT2D eigenvalue weighted by molar-refractivity contribution is 6.49. The summed E-state index contributed by atoms with van der Waals surface area (Å²) in [6.45, 7) is 12.1. The number of hydrogen-bond acceptors (Lipinski definition) is 4. The molecular formula is C12H19AlO4. The van der Waals surface area contributed by atoms with Gasteiger partial charge in [0, 0.05) is 11.1 Å². The first-order valence-electron chi connectivity index (χ1n) is 5.61. The average Bonchev–Trinajstić information content (AvgIpc) is 2.25. The SMILES string of the molecule is C=C(C)C(=O)[O][Al]([CH2]CCC)[O]C(=O)C(=C)C. The third-order valence-electron chi connectivity index (χ3n) is 1.97. The molecular weight excluding hydrogens is 235 g/mol. The van der Waals surface area contributed by atoms with Crippen LogP contribution in [0.4, 0.5) is 0 Å². The van der Waals surface area contributed by atoms with Crippen molar-refractivity contribution in [3.63, 3.8) is 0 Å². The molecule has 94 valence electrons. The van der Waals surface area contributed by atoms with Gasteiger partial charge in [0.1, 0.15) is 0 Å². The van der Waals surface area contributed by atoms with Crippen LogP contribution < -0.4 is 0 Å². The molecule has 0 rings (SSSR count). The second-order valence-electron chi connectivity index (χ2n) is 3.94. The molecule has 0 heterocycles. The largest absolute Gasteiger partial charge is 0.861 e. The number of rotatable bonds is 7. The lowest BCUT2D eigenvalue weighted by atomic mass is 10.4. The Bertz CT molecular complexity index is 294. The molecule has 0 aromatic heterocycles. The van der Waals surface area contributed by atoms with Crippen LogP contribution in [0.25, 0.3) is 0 Å². The third kappa shape index (κ3) is 6.98. The predicted octanol–water partition coefficient (Wildman–Crippen LogP) is 2.51. The van der Waals surface area contributed by atoms with Gasteiger partial charge in [-0.1, -0.05) is 32.9 Å². The van der Waals surface area contributed by atoms with Crippen molar-refractivity contribution < 1.29 is 17.2 Å². The molecule has 0 radical (unpaired) electrons. The minimum atomic E-state index is -2.30. The molecule has 0 saturated heterocycles. The molecule has 0 aromatic carbocycles. The van der Waals surface area contributed by atoms with Gasteiger partial charge in [0.15, 0.2) is 0 Å². The Balaban J connectivity index is 4.42. The Morgan fingerprint density at radius 3 is 1.76 bits per heavy atom.